The van der Waals surface area contributed by atoms with Crippen LogP contribution in [0.25, 0.3) is 110 Å². The summed E-state index contributed by atoms with van der Waals surface area (Å²) in [5, 5.41) is 9.97. The van der Waals surface area contributed by atoms with E-state index in [4.69, 9.17) is 0 Å². The van der Waals surface area contributed by atoms with Gasteiger partial charge < -0.3 is 28.1 Å². The van der Waals surface area contributed by atoms with Crippen molar-refractivity contribution in [3.05, 3.63) is 293 Å². The Kier molecular flexibility index (Phi) is 17.5. The summed E-state index contributed by atoms with van der Waals surface area (Å²) in [5.74, 6) is 0. The molecule has 6 heterocycles. The molecule has 121 heavy (non-hydrogen) atoms. The summed E-state index contributed by atoms with van der Waals surface area (Å²) in [7, 11) is 0. The van der Waals surface area contributed by atoms with Crippen LogP contribution in [0.3, 0.4) is 0 Å². The van der Waals surface area contributed by atoms with Crippen molar-refractivity contribution in [3.63, 3.8) is 0 Å². The van der Waals surface area contributed by atoms with E-state index < -0.39 is 0 Å². The van der Waals surface area contributed by atoms with E-state index >= 15 is 0 Å². The summed E-state index contributed by atoms with van der Waals surface area (Å²) >= 11 is 0. The number of aromatic nitrogens is 4. The van der Waals surface area contributed by atoms with Gasteiger partial charge in [-0.05, 0) is 261 Å². The number of para-hydroxylation sites is 2. The third-order valence-electron chi connectivity index (χ3n) is 27.1. The molecule has 0 saturated carbocycles. The molecule has 0 unspecified atom stereocenters. The van der Waals surface area contributed by atoms with E-state index in [2.05, 4.69) is 458 Å². The van der Waals surface area contributed by atoms with E-state index in [9.17, 15) is 0 Å². The van der Waals surface area contributed by atoms with Gasteiger partial charge in [0, 0.05) is 88.6 Å². The van der Waals surface area contributed by atoms with Gasteiger partial charge in [-0.15, -0.1) is 0 Å². The molecule has 2 aliphatic heterocycles. The van der Waals surface area contributed by atoms with Crippen molar-refractivity contribution in [2.75, 3.05) is 9.80 Å². The topological polar surface area (TPSA) is 26.2 Å². The lowest BCUT2D eigenvalue weighted by Gasteiger charge is -2.45. The zero-order chi connectivity index (χ0) is 85.8. The van der Waals surface area contributed by atoms with Crippen molar-refractivity contribution in [1.82, 2.24) is 18.3 Å². The molecule has 0 bridgehead atoms. The van der Waals surface area contributed by atoms with Crippen LogP contribution in [0.15, 0.2) is 243 Å². The third-order valence-corrected chi connectivity index (χ3v) is 27.1. The maximum Gasteiger partial charge on any atom is 0.252 e. The Labute approximate surface area is 718 Å². The lowest BCUT2D eigenvalue weighted by atomic mass is 9.33. The van der Waals surface area contributed by atoms with E-state index in [0.717, 1.165) is 56.5 Å². The van der Waals surface area contributed by atoms with Crippen molar-refractivity contribution in [3.8, 4) is 22.7 Å². The van der Waals surface area contributed by atoms with Gasteiger partial charge in [-0.2, -0.15) is 0 Å². The first-order valence-electron chi connectivity index (χ1n) is 44.3. The van der Waals surface area contributed by atoms with E-state index in [1.54, 1.807) is 0 Å². The summed E-state index contributed by atoms with van der Waals surface area (Å²) < 4.78 is 10.4. The third kappa shape index (κ3) is 12.8. The highest BCUT2D eigenvalue weighted by molar-refractivity contribution is 7.00. The second kappa shape index (κ2) is 26.6. The van der Waals surface area contributed by atoms with E-state index in [1.807, 2.05) is 0 Å². The maximum atomic E-state index is 2.74. The molecule has 0 fully saturated rings. The number of fused-ring (bicyclic) bond motifs is 16. The summed E-state index contributed by atoms with van der Waals surface area (Å²) in [6, 6.07) is 97.5. The number of hydrogen-bond acceptors (Lipinski definition) is 2. The van der Waals surface area contributed by atoms with E-state index in [1.165, 1.54) is 154 Å². The molecule has 13 aromatic carbocycles. The summed E-state index contributed by atoms with van der Waals surface area (Å²) in [4.78, 5) is 5.49. The molecule has 17 aromatic rings. The summed E-state index contributed by atoms with van der Waals surface area (Å²) in [5.41, 5.74) is 35.4. The summed E-state index contributed by atoms with van der Waals surface area (Å²) in [6.45, 7) is 63.2. The predicted octanol–water partition coefficient (Wildman–Crippen LogP) is 29.8. The van der Waals surface area contributed by atoms with Crippen LogP contribution in [0.5, 0.6) is 0 Å². The Morgan fingerprint density at radius 2 is 0.421 bits per heavy atom. The van der Waals surface area contributed by atoms with Gasteiger partial charge in [0.1, 0.15) is 0 Å². The van der Waals surface area contributed by atoms with Crippen LogP contribution in [0.4, 0.5) is 34.1 Å². The molecule has 0 amide bonds. The Morgan fingerprint density at radius 1 is 0.182 bits per heavy atom. The highest BCUT2D eigenvalue weighted by Gasteiger charge is 2.46. The van der Waals surface area contributed by atoms with Gasteiger partial charge in [0.25, 0.3) is 6.71 Å². The fourth-order valence-electron chi connectivity index (χ4n) is 19.8. The smallest absolute Gasteiger partial charge is 0.252 e. The molecule has 2 aliphatic rings. The number of nitrogens with zero attached hydrogens (tertiary/aromatic N) is 6. The zero-order valence-corrected chi connectivity index (χ0v) is 76.9. The standard InChI is InChI=1S/C114H121BN6/c1-106(2,3)68-34-44-77(45-35-68)118-95-56-42-70(108(7,8)9)58-83(95)81-30-28-32-97(104(81)118)120-99-66-79(116-91-52-38-72(110(13,14)15)60-85(91)86-61-73(111(16,17)18)39-53-92(86)116)48-50-89(99)115-90-51-49-80(117-93-54-40-74(112(19,20)21)62-87(93)88-63-75(113(22,23)24)41-55-94(88)117)67-100(90)121(102-65-76(114(25,26)27)64-101(120)103(102)115)98-33-29-31-82-84-59-71(109(10,11)12)43-57-96(84)119(105(82)98)78-46-36-69(37-47-78)107(4,5)6/h28-67H,1-27H3. The molecule has 0 N–H and O–H groups in total. The molecule has 0 aliphatic carbocycles. The molecule has 7 heteroatoms. The monoisotopic (exact) mass is 1580 g/mol. The van der Waals surface area contributed by atoms with Gasteiger partial charge in [-0.3, -0.25) is 0 Å². The molecule has 6 nitrogen and oxygen atoms in total. The SMILES string of the molecule is CC(C)(C)c1ccc(-n2c3ccc(C(C)(C)C)cc3c3cccc(N4c5cc(-n6c7ccc(C(C)(C)C)cc7c7cc(C(C)(C)C)ccc76)ccc5B5c6ccc(-n7c8ccc(C(C)(C)C)cc8c8cc(C(C)(C)C)ccc87)cc6N(c6cccc7c8cc(C(C)(C)C)ccc8n(-c8ccc(C(C)(C)C)cc8)c67)c6cc(C(C)(C)C)cc4c65)c32)cc1. The van der Waals surface area contributed by atoms with Crippen LogP contribution < -0.4 is 26.2 Å². The lowest BCUT2D eigenvalue weighted by molar-refractivity contribution is 0.590. The van der Waals surface area contributed by atoms with Crippen LogP contribution in [0.1, 0.15) is 237 Å². The molecule has 4 aromatic heterocycles. The fourth-order valence-corrected chi connectivity index (χ4v) is 19.8. The number of anilines is 6. The maximum absolute atomic E-state index is 2.74. The van der Waals surface area contributed by atoms with Crippen molar-refractivity contribution < 1.29 is 0 Å². The molecule has 0 saturated heterocycles. The second-order valence-electron chi connectivity index (χ2n) is 44.9. The van der Waals surface area contributed by atoms with Crippen LogP contribution in [0, 0.1) is 0 Å². The first-order valence-corrected chi connectivity index (χ1v) is 44.3. The van der Waals surface area contributed by atoms with E-state index in [-0.39, 0.29) is 55.4 Å². The van der Waals surface area contributed by atoms with Crippen molar-refractivity contribution in [2.45, 2.75) is 236 Å². The molecule has 610 valence electrons. The van der Waals surface area contributed by atoms with Crippen molar-refractivity contribution >= 4 is 144 Å². The highest BCUT2D eigenvalue weighted by atomic mass is 15.2. The number of rotatable bonds is 6. The van der Waals surface area contributed by atoms with E-state index in [0.29, 0.717) is 0 Å². The number of hydrogen-bond donors (Lipinski definition) is 0. The van der Waals surface area contributed by atoms with Gasteiger partial charge in [0.2, 0.25) is 0 Å². The predicted molar refractivity (Wildman–Crippen MR) is 526 cm³/mol. The minimum Gasteiger partial charge on any atom is -0.309 e. The van der Waals surface area contributed by atoms with Crippen LogP contribution in [-0.4, -0.2) is 25.0 Å². The largest absolute Gasteiger partial charge is 0.309 e. The molecule has 19 rings (SSSR count). The molecule has 0 radical (unpaired) electrons. The Bertz CT molecular complexity index is 6610. The quantitative estimate of drug-likeness (QED) is 0.155. The van der Waals surface area contributed by atoms with Gasteiger partial charge in [0.15, 0.2) is 0 Å². The Morgan fingerprint density at radius 3 is 0.686 bits per heavy atom. The highest BCUT2D eigenvalue weighted by Crippen LogP contribution is 2.54. The Balaban J connectivity index is 0.984. The van der Waals surface area contributed by atoms with Crippen LogP contribution >= 0.6 is 0 Å². The van der Waals surface area contributed by atoms with Gasteiger partial charge in [-0.1, -0.05) is 284 Å². The average molecular weight is 1590 g/mol. The molecule has 0 spiro atoms. The first kappa shape index (κ1) is 79.5. The fraction of sp³-hybridized carbons (Fsp3) is 0.316. The molecular weight excluding hydrogens is 1460 g/mol. The van der Waals surface area contributed by atoms with Crippen LogP contribution in [0.2, 0.25) is 0 Å². The average Bonchev–Trinajstić information content (AvgIpc) is 1.62. The van der Waals surface area contributed by atoms with Crippen molar-refractivity contribution in [2.24, 2.45) is 0 Å². The summed E-state index contributed by atoms with van der Waals surface area (Å²) in [6.07, 6.45) is 0. The second-order valence-corrected chi connectivity index (χ2v) is 44.9. The number of benzene rings is 13. The molecule has 0 atom stereocenters. The van der Waals surface area contributed by atoms with Gasteiger partial charge in [0.05, 0.1) is 55.5 Å². The van der Waals surface area contributed by atoms with Gasteiger partial charge >= 0.3 is 0 Å². The Hall–Kier alpha value is -11.3. The van der Waals surface area contributed by atoms with Crippen LogP contribution in [-0.2, 0) is 48.7 Å². The van der Waals surface area contributed by atoms with Crippen molar-refractivity contribution in [1.29, 1.82) is 0 Å². The zero-order valence-electron chi connectivity index (χ0n) is 76.9. The minimum absolute atomic E-state index is 0.0448. The van der Waals surface area contributed by atoms with Gasteiger partial charge in [-0.25, -0.2) is 0 Å². The molecular formula is C114H121BN6. The minimum atomic E-state index is -0.345. The lowest BCUT2D eigenvalue weighted by Crippen LogP contribution is -2.61. The normalized spacial score (nSPS) is 14.0. The first-order chi connectivity index (χ1) is 56.7.